The van der Waals surface area contributed by atoms with E-state index in [0.29, 0.717) is 29.6 Å². The molecule has 2 aromatic rings. The second-order valence-corrected chi connectivity index (χ2v) is 6.74. The van der Waals surface area contributed by atoms with Crippen LogP contribution in [-0.4, -0.2) is 34.0 Å². The van der Waals surface area contributed by atoms with Gasteiger partial charge in [0.1, 0.15) is 5.82 Å². The van der Waals surface area contributed by atoms with E-state index in [1.807, 2.05) is 0 Å². The molecule has 0 fully saturated rings. The highest BCUT2D eigenvalue weighted by Gasteiger charge is 2.26. The Morgan fingerprint density at radius 3 is 2.73 bits per heavy atom. The van der Waals surface area contributed by atoms with Gasteiger partial charge in [0.05, 0.1) is 11.5 Å². The van der Waals surface area contributed by atoms with E-state index in [0.717, 1.165) is 5.56 Å². The number of hydrogen-bond acceptors (Lipinski definition) is 5. The summed E-state index contributed by atoms with van der Waals surface area (Å²) in [5, 5.41) is 11.7. The molecule has 1 aliphatic rings. The summed E-state index contributed by atoms with van der Waals surface area (Å²) in [6.45, 7) is 2.56. The molecule has 1 aliphatic heterocycles. The third-order valence-corrected chi connectivity index (χ3v) is 5.07. The van der Waals surface area contributed by atoms with E-state index < -0.39 is 4.92 Å². The number of nitro benzene ring substituents is 1. The molecule has 0 saturated heterocycles. The fourth-order valence-corrected chi connectivity index (χ4v) is 3.56. The van der Waals surface area contributed by atoms with Crippen molar-refractivity contribution in [1.82, 2.24) is 4.90 Å². The van der Waals surface area contributed by atoms with Crippen molar-refractivity contribution >= 4 is 28.5 Å². The molecule has 1 heterocycles. The largest absolute Gasteiger partial charge is 0.286 e. The first-order chi connectivity index (χ1) is 12.5. The molecule has 26 heavy (non-hydrogen) atoms. The third kappa shape index (κ3) is 3.91. The molecular weight excluding hydrogens is 357 g/mol. The van der Waals surface area contributed by atoms with Gasteiger partial charge in [0.2, 0.25) is 0 Å². The predicted octanol–water partition coefficient (Wildman–Crippen LogP) is 3.79. The molecule has 134 valence electrons. The van der Waals surface area contributed by atoms with Gasteiger partial charge in [-0.2, -0.15) is 0 Å². The van der Waals surface area contributed by atoms with Crippen molar-refractivity contribution in [3.05, 3.63) is 75.1 Å². The van der Waals surface area contributed by atoms with Crippen LogP contribution in [0.2, 0.25) is 0 Å². The van der Waals surface area contributed by atoms with Crippen LogP contribution in [0.15, 0.2) is 47.5 Å². The molecule has 0 bridgehead atoms. The van der Waals surface area contributed by atoms with E-state index in [-0.39, 0.29) is 23.0 Å². The van der Waals surface area contributed by atoms with E-state index in [1.165, 1.54) is 34.9 Å². The van der Waals surface area contributed by atoms with Gasteiger partial charge in [-0.3, -0.25) is 24.8 Å². The first-order valence-electron chi connectivity index (χ1n) is 7.94. The first-order valence-corrected chi connectivity index (χ1v) is 8.93. The summed E-state index contributed by atoms with van der Waals surface area (Å²) in [5.41, 5.74) is 1.61. The second kappa shape index (κ2) is 7.65. The summed E-state index contributed by atoms with van der Waals surface area (Å²) in [6.07, 6.45) is 0. The Morgan fingerprint density at radius 2 is 2.04 bits per heavy atom. The van der Waals surface area contributed by atoms with Crippen LogP contribution in [0.5, 0.6) is 0 Å². The van der Waals surface area contributed by atoms with Gasteiger partial charge in [-0.15, -0.1) is 0 Å². The summed E-state index contributed by atoms with van der Waals surface area (Å²) in [5.74, 6) is -0.0533. The fraction of sp³-hybridized carbons (Fsp3) is 0.222. The number of nitrogens with zero attached hydrogens (tertiary/aromatic N) is 3. The van der Waals surface area contributed by atoms with Crippen molar-refractivity contribution in [3.63, 3.8) is 0 Å². The number of benzene rings is 2. The van der Waals surface area contributed by atoms with Crippen LogP contribution in [0.1, 0.15) is 21.5 Å². The lowest BCUT2D eigenvalue weighted by molar-refractivity contribution is -0.385. The minimum Gasteiger partial charge on any atom is -0.286 e. The topological polar surface area (TPSA) is 75.8 Å². The fourth-order valence-electron chi connectivity index (χ4n) is 2.56. The van der Waals surface area contributed by atoms with Crippen LogP contribution in [0.4, 0.5) is 10.1 Å². The SMILES string of the molecule is Cc1ccc(C(=O)N2CCN=C2SCc2ccc(F)cc2)cc1[N+](=O)[O-]. The minimum absolute atomic E-state index is 0.0764. The minimum atomic E-state index is -0.492. The van der Waals surface area contributed by atoms with Gasteiger partial charge in [-0.1, -0.05) is 30.0 Å². The van der Waals surface area contributed by atoms with Crippen molar-refractivity contribution in [2.45, 2.75) is 12.7 Å². The zero-order valence-corrected chi connectivity index (χ0v) is 14.8. The van der Waals surface area contributed by atoms with Crippen molar-refractivity contribution in [2.24, 2.45) is 4.99 Å². The number of aryl methyl sites for hydroxylation is 1. The maximum atomic E-state index is 13.0. The average Bonchev–Trinajstić information content (AvgIpc) is 3.09. The molecule has 0 saturated carbocycles. The molecule has 2 aromatic carbocycles. The highest BCUT2D eigenvalue weighted by atomic mass is 32.2. The number of amides is 1. The molecular formula is C18H16FN3O3S. The lowest BCUT2D eigenvalue weighted by Crippen LogP contribution is -2.32. The van der Waals surface area contributed by atoms with Gasteiger partial charge in [0.15, 0.2) is 5.17 Å². The highest BCUT2D eigenvalue weighted by molar-refractivity contribution is 8.13. The van der Waals surface area contributed by atoms with Gasteiger partial charge in [-0.05, 0) is 30.7 Å². The number of rotatable bonds is 4. The number of carbonyl (C=O) groups excluding carboxylic acids is 1. The van der Waals surface area contributed by atoms with E-state index in [2.05, 4.69) is 4.99 Å². The Hall–Kier alpha value is -2.74. The smallest absolute Gasteiger partial charge is 0.273 e. The zero-order chi connectivity index (χ0) is 18.7. The number of nitro groups is 1. The van der Waals surface area contributed by atoms with E-state index in [9.17, 15) is 19.3 Å². The van der Waals surface area contributed by atoms with E-state index >= 15 is 0 Å². The molecule has 3 rings (SSSR count). The van der Waals surface area contributed by atoms with E-state index in [4.69, 9.17) is 0 Å². The molecule has 6 nitrogen and oxygen atoms in total. The summed E-state index contributed by atoms with van der Waals surface area (Å²) in [6, 6.07) is 10.6. The Morgan fingerprint density at radius 1 is 1.31 bits per heavy atom. The van der Waals surface area contributed by atoms with Crippen LogP contribution in [0.25, 0.3) is 0 Å². The maximum Gasteiger partial charge on any atom is 0.273 e. The van der Waals surface area contributed by atoms with Crippen molar-refractivity contribution in [1.29, 1.82) is 0 Å². The van der Waals surface area contributed by atoms with E-state index in [1.54, 1.807) is 31.2 Å². The predicted molar refractivity (Wildman–Crippen MR) is 98.9 cm³/mol. The maximum absolute atomic E-state index is 13.0. The van der Waals surface area contributed by atoms with Gasteiger partial charge < -0.3 is 0 Å². The van der Waals surface area contributed by atoms with Gasteiger partial charge in [0.25, 0.3) is 11.6 Å². The van der Waals surface area contributed by atoms with Crippen molar-refractivity contribution in [2.75, 3.05) is 13.1 Å². The third-order valence-electron chi connectivity index (χ3n) is 3.98. The monoisotopic (exact) mass is 373 g/mol. The second-order valence-electron chi connectivity index (χ2n) is 5.79. The summed E-state index contributed by atoms with van der Waals surface area (Å²) in [7, 11) is 0. The Balaban J connectivity index is 1.73. The molecule has 0 atom stereocenters. The molecule has 0 aromatic heterocycles. The molecule has 0 N–H and O–H groups in total. The standard InChI is InChI=1S/C18H16FN3O3S/c1-12-2-5-14(10-16(12)22(24)25)17(23)21-9-8-20-18(21)26-11-13-3-6-15(19)7-4-13/h2-7,10H,8-9,11H2,1H3. The van der Waals surface area contributed by atoms with Crippen LogP contribution in [0.3, 0.4) is 0 Å². The number of amidine groups is 1. The molecule has 0 aliphatic carbocycles. The number of hydrogen-bond donors (Lipinski definition) is 0. The number of carbonyl (C=O) groups is 1. The lowest BCUT2D eigenvalue weighted by Gasteiger charge is -2.18. The van der Waals surface area contributed by atoms with Crippen LogP contribution >= 0.6 is 11.8 Å². The lowest BCUT2D eigenvalue weighted by atomic mass is 10.1. The molecule has 0 radical (unpaired) electrons. The molecule has 8 heteroatoms. The van der Waals surface area contributed by atoms with Gasteiger partial charge in [-0.25, -0.2) is 4.39 Å². The molecule has 0 unspecified atom stereocenters. The van der Waals surface area contributed by atoms with Crippen LogP contribution < -0.4 is 0 Å². The first kappa shape index (κ1) is 18.1. The van der Waals surface area contributed by atoms with Gasteiger partial charge >= 0.3 is 0 Å². The molecule has 1 amide bonds. The van der Waals surface area contributed by atoms with Crippen molar-refractivity contribution in [3.8, 4) is 0 Å². The Kier molecular flexibility index (Phi) is 5.32. The van der Waals surface area contributed by atoms with Gasteiger partial charge in [0, 0.05) is 29.5 Å². The Labute approximate surface area is 153 Å². The molecule has 0 spiro atoms. The summed E-state index contributed by atoms with van der Waals surface area (Å²) >= 11 is 1.39. The normalized spacial score (nSPS) is 13.6. The summed E-state index contributed by atoms with van der Waals surface area (Å²) in [4.78, 5) is 29.2. The van der Waals surface area contributed by atoms with Crippen molar-refractivity contribution < 1.29 is 14.1 Å². The number of thioether (sulfide) groups is 1. The highest BCUT2D eigenvalue weighted by Crippen LogP contribution is 2.24. The van der Waals surface area contributed by atoms with Crippen LogP contribution in [-0.2, 0) is 5.75 Å². The number of halogens is 1. The average molecular weight is 373 g/mol. The summed E-state index contributed by atoms with van der Waals surface area (Å²) < 4.78 is 13.0. The Bertz CT molecular complexity index is 884. The quantitative estimate of drug-likeness (QED) is 0.604. The zero-order valence-electron chi connectivity index (χ0n) is 14.0. The van der Waals surface area contributed by atoms with Crippen LogP contribution in [0, 0.1) is 22.9 Å². The number of aliphatic imine (C=N–C) groups is 1.